The Kier molecular flexibility index (Phi) is 9.22. The van der Waals surface area contributed by atoms with Gasteiger partial charge in [0.25, 0.3) is 0 Å². The monoisotopic (exact) mass is 530 g/mol. The van der Waals surface area contributed by atoms with Crippen molar-refractivity contribution in [2.45, 2.75) is 31.5 Å². The van der Waals surface area contributed by atoms with Gasteiger partial charge in [-0.2, -0.15) is 13.2 Å². The molecule has 0 bridgehead atoms. The number of benzene rings is 3. The molecule has 1 unspecified atom stereocenters. The minimum Gasteiger partial charge on any atom is -0.494 e. The van der Waals surface area contributed by atoms with Crippen LogP contribution in [0.5, 0.6) is 11.5 Å². The summed E-state index contributed by atoms with van der Waals surface area (Å²) in [4.78, 5) is 25.6. The largest absolute Gasteiger partial charge is 0.494 e. The molecule has 0 radical (unpaired) electrons. The van der Waals surface area contributed by atoms with Gasteiger partial charge in [0, 0.05) is 25.7 Å². The second-order valence-electron chi connectivity index (χ2n) is 8.90. The summed E-state index contributed by atoms with van der Waals surface area (Å²) < 4.78 is 49.5. The average molecular weight is 531 g/mol. The Hall–Kier alpha value is -4.21. The minimum atomic E-state index is -4.44. The Morgan fingerprint density at radius 1 is 0.921 bits per heavy atom. The van der Waals surface area contributed by atoms with Gasteiger partial charge in [0.2, 0.25) is 5.60 Å². The van der Waals surface area contributed by atoms with E-state index in [-0.39, 0.29) is 12.1 Å². The first-order valence-corrected chi connectivity index (χ1v) is 11.8. The summed E-state index contributed by atoms with van der Waals surface area (Å²) in [5.74, 6) is -0.0184. The molecule has 0 aliphatic rings. The molecule has 0 aromatic heterocycles. The summed E-state index contributed by atoms with van der Waals surface area (Å²) in [5.41, 5.74) is -1.21. The average Bonchev–Trinajstić information content (AvgIpc) is 2.87. The van der Waals surface area contributed by atoms with Gasteiger partial charge in [-0.15, -0.1) is 0 Å². The van der Waals surface area contributed by atoms with E-state index in [1.165, 1.54) is 24.0 Å². The molecule has 3 aromatic rings. The highest BCUT2D eigenvalue weighted by atomic mass is 19.4. The zero-order valence-corrected chi connectivity index (χ0v) is 21.0. The molecule has 3 rings (SSSR count). The third-order valence-corrected chi connectivity index (χ3v) is 5.72. The van der Waals surface area contributed by atoms with Gasteiger partial charge in [0.1, 0.15) is 11.5 Å². The summed E-state index contributed by atoms with van der Waals surface area (Å²) in [6.07, 6.45) is -3.77. The van der Waals surface area contributed by atoms with Crippen LogP contribution in [0.25, 0.3) is 0 Å². The molecule has 0 spiro atoms. The molecule has 10 heteroatoms. The summed E-state index contributed by atoms with van der Waals surface area (Å²) >= 11 is 0. The molecule has 2 N–H and O–H groups in total. The van der Waals surface area contributed by atoms with Crippen LogP contribution in [0, 0.1) is 0 Å². The van der Waals surface area contributed by atoms with E-state index in [1.807, 2.05) is 6.07 Å². The molecule has 0 fully saturated rings. The maximum Gasteiger partial charge on any atom is 0.416 e. The molecule has 2 amide bonds. The van der Waals surface area contributed by atoms with E-state index in [0.717, 1.165) is 17.7 Å². The summed E-state index contributed by atoms with van der Waals surface area (Å²) in [6, 6.07) is 19.6. The van der Waals surface area contributed by atoms with Gasteiger partial charge >= 0.3 is 18.2 Å². The van der Waals surface area contributed by atoms with Crippen LogP contribution in [0.4, 0.5) is 23.7 Å². The number of carboxylic acid groups (broad SMARTS) is 1. The number of anilines is 1. The van der Waals surface area contributed by atoms with E-state index in [4.69, 9.17) is 9.47 Å². The zero-order chi connectivity index (χ0) is 27.8. The Labute approximate surface area is 218 Å². The van der Waals surface area contributed by atoms with E-state index in [2.05, 4.69) is 5.32 Å². The van der Waals surface area contributed by atoms with Crippen molar-refractivity contribution in [3.63, 3.8) is 0 Å². The lowest BCUT2D eigenvalue weighted by Gasteiger charge is -2.26. The van der Waals surface area contributed by atoms with Crippen LogP contribution >= 0.6 is 0 Å². The zero-order valence-electron chi connectivity index (χ0n) is 21.0. The quantitative estimate of drug-likeness (QED) is 0.293. The number of hydrogen-bond acceptors (Lipinski definition) is 4. The molecule has 7 nitrogen and oxygen atoms in total. The fraction of sp³-hybridized carbons (Fsp3) is 0.286. The highest BCUT2D eigenvalue weighted by Gasteiger charge is 2.36. The third-order valence-electron chi connectivity index (χ3n) is 5.72. The van der Waals surface area contributed by atoms with E-state index in [9.17, 15) is 27.9 Å². The first-order chi connectivity index (χ1) is 18.0. The molecule has 0 saturated heterocycles. The van der Waals surface area contributed by atoms with Crippen LogP contribution in [-0.4, -0.2) is 47.8 Å². The van der Waals surface area contributed by atoms with Crippen LogP contribution in [0.15, 0.2) is 78.9 Å². The van der Waals surface area contributed by atoms with Crippen molar-refractivity contribution in [2.75, 3.05) is 25.5 Å². The Balaban J connectivity index is 1.43. The van der Waals surface area contributed by atoms with Crippen molar-refractivity contribution in [1.29, 1.82) is 0 Å². The van der Waals surface area contributed by atoms with Crippen molar-refractivity contribution in [3.05, 3.63) is 90.0 Å². The van der Waals surface area contributed by atoms with Gasteiger partial charge in [-0.25, -0.2) is 9.59 Å². The fourth-order valence-electron chi connectivity index (χ4n) is 3.55. The van der Waals surface area contributed by atoms with Crippen LogP contribution in [0.1, 0.15) is 24.5 Å². The third kappa shape index (κ3) is 8.16. The molecule has 1 atom stereocenters. The second kappa shape index (κ2) is 12.4. The van der Waals surface area contributed by atoms with Crippen LogP contribution in [0.2, 0.25) is 0 Å². The number of aliphatic carboxylic acids is 1. The van der Waals surface area contributed by atoms with Crippen LogP contribution in [-0.2, 0) is 17.4 Å². The number of rotatable bonds is 11. The predicted octanol–water partition coefficient (Wildman–Crippen LogP) is 6.10. The van der Waals surface area contributed by atoms with Crippen LogP contribution in [0.3, 0.4) is 0 Å². The van der Waals surface area contributed by atoms with E-state index in [0.29, 0.717) is 31.1 Å². The van der Waals surface area contributed by atoms with Crippen molar-refractivity contribution in [2.24, 2.45) is 0 Å². The smallest absolute Gasteiger partial charge is 0.416 e. The van der Waals surface area contributed by atoms with Gasteiger partial charge in [0.15, 0.2) is 0 Å². The van der Waals surface area contributed by atoms with Gasteiger partial charge in [-0.05, 0) is 67.4 Å². The lowest BCUT2D eigenvalue weighted by molar-refractivity contribution is -0.153. The number of ether oxygens (including phenoxy) is 2. The van der Waals surface area contributed by atoms with E-state index in [1.54, 1.807) is 55.6 Å². The van der Waals surface area contributed by atoms with Crippen LogP contribution < -0.4 is 14.8 Å². The van der Waals surface area contributed by atoms with Crippen molar-refractivity contribution >= 4 is 17.7 Å². The van der Waals surface area contributed by atoms with Crippen molar-refractivity contribution < 1.29 is 37.3 Å². The van der Waals surface area contributed by atoms with Gasteiger partial charge in [-0.1, -0.05) is 30.3 Å². The summed E-state index contributed by atoms with van der Waals surface area (Å²) in [5, 5.41) is 12.3. The van der Waals surface area contributed by atoms with Gasteiger partial charge < -0.3 is 24.8 Å². The van der Waals surface area contributed by atoms with Gasteiger partial charge in [-0.3, -0.25) is 0 Å². The fourth-order valence-corrected chi connectivity index (χ4v) is 3.55. The highest BCUT2D eigenvalue weighted by molar-refractivity contribution is 5.89. The second-order valence-corrected chi connectivity index (χ2v) is 8.90. The predicted molar refractivity (Wildman–Crippen MR) is 136 cm³/mol. The normalized spacial score (nSPS) is 12.8. The van der Waals surface area contributed by atoms with Crippen molar-refractivity contribution in [3.8, 4) is 11.5 Å². The molecule has 0 aliphatic carbocycles. The Morgan fingerprint density at radius 2 is 1.55 bits per heavy atom. The first kappa shape index (κ1) is 28.4. The number of hydrogen-bond donors (Lipinski definition) is 2. The lowest BCUT2D eigenvalue weighted by atomic mass is 9.96. The molecular formula is C28H29F3N2O5. The van der Waals surface area contributed by atoms with Gasteiger partial charge in [0.05, 0.1) is 12.2 Å². The number of nitrogens with one attached hydrogen (secondary N) is 1. The van der Waals surface area contributed by atoms with E-state index < -0.39 is 29.3 Å². The number of alkyl halides is 3. The summed E-state index contributed by atoms with van der Waals surface area (Å²) in [7, 11) is 1.57. The molecule has 38 heavy (non-hydrogen) atoms. The van der Waals surface area contributed by atoms with Crippen molar-refractivity contribution in [1.82, 2.24) is 4.90 Å². The van der Waals surface area contributed by atoms with E-state index >= 15 is 0 Å². The first-order valence-electron chi connectivity index (χ1n) is 11.8. The maximum absolute atomic E-state index is 12.7. The molecule has 0 saturated carbocycles. The molecular weight excluding hydrogens is 501 g/mol. The number of halogens is 3. The Bertz CT molecular complexity index is 1200. The molecule has 202 valence electrons. The number of urea groups is 1. The number of carbonyl (C=O) groups excluding carboxylic acids is 1. The number of carbonyl (C=O) groups is 2. The lowest BCUT2D eigenvalue weighted by Crippen LogP contribution is -2.43. The number of nitrogens with zero attached hydrogens (tertiary/aromatic N) is 1. The molecule has 0 heterocycles. The Morgan fingerprint density at radius 3 is 2.13 bits per heavy atom. The summed E-state index contributed by atoms with van der Waals surface area (Å²) in [6.45, 7) is 2.20. The molecule has 3 aromatic carbocycles. The molecule has 0 aliphatic heterocycles. The number of amides is 2. The standard InChI is InChI=1S/C28H29F3N2O5/c1-27(25(34)35,38-24-7-4-3-5-8-24)19-20-9-15-23(16-10-20)37-18-6-17-33(2)26(36)32-22-13-11-21(12-14-22)28(29,30)31/h3-5,7-16H,6,17-19H2,1-2H3,(H,32,36)(H,34,35). The number of carboxylic acids is 1. The highest BCUT2D eigenvalue weighted by Crippen LogP contribution is 2.30. The number of para-hydroxylation sites is 1. The topological polar surface area (TPSA) is 88.1 Å². The minimum absolute atomic E-state index is 0.149. The maximum atomic E-state index is 12.7. The SMILES string of the molecule is CN(CCCOc1ccc(CC(C)(Oc2ccccc2)C(=O)O)cc1)C(=O)Nc1ccc(C(F)(F)F)cc1.